The maximum Gasteiger partial charge on any atom is -1.00 e. The van der Waals surface area contributed by atoms with Gasteiger partial charge in [0.05, 0.1) is 0 Å². The molecule has 127 valence electrons. The Bertz CT molecular complexity index is 792. The van der Waals surface area contributed by atoms with Crippen molar-refractivity contribution in [1.82, 2.24) is 0 Å². The fraction of sp³-hybridized carbons (Fsp3) is 0.273. The van der Waals surface area contributed by atoms with Crippen molar-refractivity contribution in [2.75, 3.05) is 0 Å². The molecule has 2 aromatic carbocycles. The molecular formula is C22H21Cl2Zr. The van der Waals surface area contributed by atoms with Crippen LogP contribution in [0, 0.1) is 0 Å². The van der Waals surface area contributed by atoms with Gasteiger partial charge >= 0.3 is 155 Å². The molecule has 0 bridgehead atoms. The van der Waals surface area contributed by atoms with Gasteiger partial charge in [0.2, 0.25) is 0 Å². The maximum atomic E-state index is 2.47. The number of hydrogen-bond donors (Lipinski definition) is 0. The summed E-state index contributed by atoms with van der Waals surface area (Å²) in [4.78, 5) is 0. The smallest absolute Gasteiger partial charge is 1.00 e. The van der Waals surface area contributed by atoms with E-state index in [9.17, 15) is 0 Å². The van der Waals surface area contributed by atoms with Gasteiger partial charge in [0, 0.05) is 0 Å². The molecule has 2 aliphatic carbocycles. The van der Waals surface area contributed by atoms with Crippen LogP contribution in [0.2, 0.25) is 3.12 Å². The summed E-state index contributed by atoms with van der Waals surface area (Å²) < 4.78 is 0.376. The molecule has 4 rings (SSSR count). The Hall–Kier alpha value is -0.617. The topological polar surface area (TPSA) is 0 Å². The van der Waals surface area contributed by atoms with Crippen molar-refractivity contribution in [3.63, 3.8) is 0 Å². The Morgan fingerprint density at radius 2 is 1.40 bits per heavy atom. The van der Waals surface area contributed by atoms with Crippen LogP contribution in [0.1, 0.15) is 53.9 Å². The molecule has 0 fully saturated rings. The van der Waals surface area contributed by atoms with Crippen LogP contribution in [0.25, 0.3) is 12.2 Å². The van der Waals surface area contributed by atoms with Crippen molar-refractivity contribution in [1.29, 1.82) is 0 Å². The standard InChI is InChI=1S/C22H21.2ClH.Zr/c1-16(20-15-14-18-7-3-5-9-22(18)20)10-11-19-13-12-17-6-2-4-8-21(17)19;;;/h2-9,12-15,19-20H,10-11H2,1H3;2*1H;/q;;;+2/p-2. The summed E-state index contributed by atoms with van der Waals surface area (Å²) in [5, 5.41) is 0. The van der Waals surface area contributed by atoms with Gasteiger partial charge in [-0.15, -0.1) is 0 Å². The van der Waals surface area contributed by atoms with Crippen LogP contribution in [0.4, 0.5) is 0 Å². The summed E-state index contributed by atoms with van der Waals surface area (Å²) >= 11 is 1.65. The van der Waals surface area contributed by atoms with E-state index in [1.165, 1.54) is 35.1 Å². The molecule has 0 saturated heterocycles. The monoisotopic (exact) mass is 445 g/mol. The van der Waals surface area contributed by atoms with Gasteiger partial charge in [-0.3, -0.25) is 0 Å². The molecule has 0 aliphatic heterocycles. The van der Waals surface area contributed by atoms with E-state index in [-0.39, 0.29) is 24.8 Å². The number of halogens is 2. The molecule has 0 spiro atoms. The third kappa shape index (κ3) is 4.05. The predicted octanol–water partition coefficient (Wildman–Crippen LogP) is 0.121. The molecule has 0 nitrogen and oxygen atoms in total. The minimum atomic E-state index is 0. The van der Waals surface area contributed by atoms with E-state index >= 15 is 0 Å². The minimum Gasteiger partial charge on any atom is -1.00 e. The van der Waals surface area contributed by atoms with Crippen molar-refractivity contribution < 1.29 is 49.5 Å². The molecule has 0 radical (unpaired) electrons. The Labute approximate surface area is 178 Å². The third-order valence-electron chi connectivity index (χ3n) is 5.36. The van der Waals surface area contributed by atoms with Crippen molar-refractivity contribution in [2.45, 2.75) is 34.7 Å². The van der Waals surface area contributed by atoms with E-state index < -0.39 is 0 Å². The van der Waals surface area contributed by atoms with Crippen LogP contribution in [0.3, 0.4) is 0 Å². The number of rotatable bonds is 4. The Balaban J connectivity index is 0.00000113. The van der Waals surface area contributed by atoms with Crippen molar-refractivity contribution in [3.05, 3.63) is 82.9 Å². The zero-order chi connectivity index (χ0) is 15.9. The molecule has 0 N–H and O–H groups in total. The van der Waals surface area contributed by atoms with E-state index in [4.69, 9.17) is 0 Å². The summed E-state index contributed by atoms with van der Waals surface area (Å²) in [7, 11) is 0. The SMILES string of the molecule is C[C]([Zr+2])(CCC1C=Cc2ccccc21)C1C=Cc2ccccc21.[Cl-].[Cl-]. The molecule has 0 aromatic heterocycles. The van der Waals surface area contributed by atoms with Gasteiger partial charge in [-0.2, -0.15) is 0 Å². The van der Waals surface area contributed by atoms with Gasteiger partial charge in [-0.1, -0.05) is 0 Å². The molecule has 3 heteroatoms. The maximum absolute atomic E-state index is 2.47. The Morgan fingerprint density at radius 1 is 0.840 bits per heavy atom. The summed E-state index contributed by atoms with van der Waals surface area (Å²) in [6.45, 7) is 2.47. The summed E-state index contributed by atoms with van der Waals surface area (Å²) in [6.07, 6.45) is 12.0. The van der Waals surface area contributed by atoms with Gasteiger partial charge in [-0.25, -0.2) is 0 Å². The first-order chi connectivity index (χ1) is 11.1. The normalized spacial score (nSPS) is 21.7. The first-order valence-electron chi connectivity index (χ1n) is 8.44. The van der Waals surface area contributed by atoms with Gasteiger partial charge in [0.1, 0.15) is 0 Å². The second kappa shape index (κ2) is 8.38. The van der Waals surface area contributed by atoms with Gasteiger partial charge in [0.25, 0.3) is 0 Å². The zero-order valence-corrected chi connectivity index (χ0v) is 18.2. The molecule has 2 aromatic rings. The van der Waals surface area contributed by atoms with E-state index in [0.717, 1.165) is 0 Å². The third-order valence-corrected chi connectivity index (χ3v) is 6.74. The van der Waals surface area contributed by atoms with Crippen molar-refractivity contribution >= 4 is 12.2 Å². The minimum absolute atomic E-state index is 0. The number of allylic oxidation sites excluding steroid dienone is 2. The largest absolute Gasteiger partial charge is 1.00 e. The van der Waals surface area contributed by atoms with Crippen molar-refractivity contribution in [3.8, 4) is 0 Å². The van der Waals surface area contributed by atoms with Crippen LogP contribution >= 0.6 is 0 Å². The van der Waals surface area contributed by atoms with Gasteiger partial charge in [-0.05, 0) is 0 Å². The second-order valence-corrected chi connectivity index (χ2v) is 9.82. The quantitative estimate of drug-likeness (QED) is 0.625. The van der Waals surface area contributed by atoms with Crippen LogP contribution in [0.15, 0.2) is 60.7 Å². The van der Waals surface area contributed by atoms with E-state index in [2.05, 4.69) is 79.8 Å². The molecular weight excluding hydrogens is 426 g/mol. The molecule has 0 amide bonds. The fourth-order valence-electron chi connectivity index (χ4n) is 3.99. The first-order valence-corrected chi connectivity index (χ1v) is 9.67. The molecule has 25 heavy (non-hydrogen) atoms. The van der Waals surface area contributed by atoms with Gasteiger partial charge in [0.15, 0.2) is 0 Å². The average molecular weight is 448 g/mol. The number of benzene rings is 2. The van der Waals surface area contributed by atoms with E-state index in [1.807, 2.05) is 0 Å². The average Bonchev–Trinajstić information content (AvgIpc) is 3.17. The number of fused-ring (bicyclic) bond motifs is 2. The Kier molecular flexibility index (Phi) is 6.94. The predicted molar refractivity (Wildman–Crippen MR) is 94.0 cm³/mol. The van der Waals surface area contributed by atoms with Crippen molar-refractivity contribution in [2.24, 2.45) is 0 Å². The van der Waals surface area contributed by atoms with Crippen LogP contribution in [-0.2, 0) is 24.7 Å². The second-order valence-electron chi connectivity index (χ2n) is 7.02. The molecule has 2 aliphatic rings. The summed E-state index contributed by atoms with van der Waals surface area (Å²) in [5.41, 5.74) is 5.86. The first kappa shape index (κ1) is 20.7. The molecule has 0 heterocycles. The zero-order valence-electron chi connectivity index (χ0n) is 14.3. The Morgan fingerprint density at radius 3 is 2.12 bits per heavy atom. The summed E-state index contributed by atoms with van der Waals surface area (Å²) in [6, 6.07) is 17.7. The number of hydrogen-bond acceptors (Lipinski definition) is 0. The van der Waals surface area contributed by atoms with Crippen LogP contribution in [-0.4, -0.2) is 0 Å². The van der Waals surface area contributed by atoms with E-state index in [0.29, 0.717) is 15.0 Å². The van der Waals surface area contributed by atoms with Crippen LogP contribution in [0.5, 0.6) is 0 Å². The van der Waals surface area contributed by atoms with Crippen LogP contribution < -0.4 is 24.8 Å². The molecule has 3 atom stereocenters. The van der Waals surface area contributed by atoms with E-state index in [1.54, 1.807) is 24.7 Å². The molecule has 0 saturated carbocycles. The van der Waals surface area contributed by atoms with Gasteiger partial charge < -0.3 is 24.8 Å². The summed E-state index contributed by atoms with van der Waals surface area (Å²) in [5.74, 6) is 1.18. The molecule has 3 unspecified atom stereocenters. The fourth-order valence-corrected chi connectivity index (χ4v) is 4.97.